The number of ether oxygens (including phenoxy) is 1. The minimum absolute atomic E-state index is 0.204. The van der Waals surface area contributed by atoms with Crippen LogP contribution >= 0.6 is 0 Å². The summed E-state index contributed by atoms with van der Waals surface area (Å²) in [5, 5.41) is 13.6. The van der Waals surface area contributed by atoms with Crippen molar-refractivity contribution >= 4 is 17.8 Å². The van der Waals surface area contributed by atoms with Crippen molar-refractivity contribution < 1.29 is 24.2 Å². The zero-order valence-corrected chi connectivity index (χ0v) is 19.4. The Balaban J connectivity index is 1.74. The molecule has 0 bridgehead atoms. The van der Waals surface area contributed by atoms with Gasteiger partial charge in [0.1, 0.15) is 0 Å². The maximum Gasteiger partial charge on any atom is 0.327 e. The molecular formula is C26H30N2O5. The van der Waals surface area contributed by atoms with Gasteiger partial charge in [0.25, 0.3) is 0 Å². The summed E-state index contributed by atoms with van der Waals surface area (Å²) in [7, 11) is 0. The van der Waals surface area contributed by atoms with Crippen molar-refractivity contribution in [2.45, 2.75) is 51.4 Å². The fraction of sp³-hybridized carbons (Fsp3) is 0.423. The van der Waals surface area contributed by atoms with Gasteiger partial charge in [0.15, 0.2) is 5.54 Å². The van der Waals surface area contributed by atoms with Gasteiger partial charge in [-0.15, -0.1) is 0 Å². The molecule has 2 N–H and O–H groups in total. The van der Waals surface area contributed by atoms with Crippen LogP contribution in [0.2, 0.25) is 0 Å². The highest BCUT2D eigenvalue weighted by Crippen LogP contribution is 2.50. The number of imide groups is 1. The van der Waals surface area contributed by atoms with Crippen LogP contribution in [0.5, 0.6) is 0 Å². The normalized spacial score (nSPS) is 27.2. The van der Waals surface area contributed by atoms with Crippen LogP contribution in [-0.4, -0.2) is 45.5 Å². The number of hydrogen-bond donors (Lipinski definition) is 2. The average Bonchev–Trinajstić information content (AvgIpc) is 3.23. The number of fused-ring (bicyclic) bond motifs is 1. The van der Waals surface area contributed by atoms with Crippen molar-refractivity contribution in [3.05, 3.63) is 71.3 Å². The van der Waals surface area contributed by atoms with E-state index >= 15 is 0 Å². The monoisotopic (exact) mass is 450 g/mol. The number of likely N-dealkylation sites (tertiary alicyclic amines) is 1. The van der Waals surface area contributed by atoms with Gasteiger partial charge in [0, 0.05) is 11.6 Å². The molecule has 2 amide bonds. The van der Waals surface area contributed by atoms with E-state index in [9.17, 15) is 19.5 Å². The van der Waals surface area contributed by atoms with Gasteiger partial charge in [-0.3, -0.25) is 24.6 Å². The van der Waals surface area contributed by atoms with Crippen LogP contribution in [0, 0.1) is 18.8 Å². The van der Waals surface area contributed by atoms with E-state index in [1.807, 2.05) is 61.5 Å². The number of hydrogen-bond acceptors (Lipinski definition) is 5. The van der Waals surface area contributed by atoms with E-state index in [1.165, 1.54) is 4.90 Å². The lowest BCUT2D eigenvalue weighted by atomic mass is 9.79. The summed E-state index contributed by atoms with van der Waals surface area (Å²) in [4.78, 5) is 41.1. The predicted molar refractivity (Wildman–Crippen MR) is 122 cm³/mol. The molecule has 4 unspecified atom stereocenters. The number of nitrogens with zero attached hydrogens (tertiary/aromatic N) is 1. The van der Waals surface area contributed by atoms with Crippen molar-refractivity contribution in [2.75, 3.05) is 6.61 Å². The van der Waals surface area contributed by atoms with Crippen LogP contribution in [0.3, 0.4) is 0 Å². The Labute approximate surface area is 193 Å². The van der Waals surface area contributed by atoms with Crippen LogP contribution in [0.25, 0.3) is 0 Å². The van der Waals surface area contributed by atoms with Crippen LogP contribution in [0.15, 0.2) is 54.6 Å². The first kappa shape index (κ1) is 23.1. The Morgan fingerprint density at radius 3 is 2.39 bits per heavy atom. The minimum atomic E-state index is -1.72. The van der Waals surface area contributed by atoms with Gasteiger partial charge in [-0.05, 0) is 38.8 Å². The van der Waals surface area contributed by atoms with Gasteiger partial charge in [-0.1, -0.05) is 60.2 Å². The summed E-state index contributed by atoms with van der Waals surface area (Å²) in [6, 6.07) is 16.4. The number of carbonyl (C=O) groups is 3. The fourth-order valence-electron chi connectivity index (χ4n) is 5.11. The molecular weight excluding hydrogens is 420 g/mol. The highest BCUT2D eigenvalue weighted by Gasteiger charge is 2.69. The van der Waals surface area contributed by atoms with Gasteiger partial charge in [-0.2, -0.15) is 0 Å². The van der Waals surface area contributed by atoms with Gasteiger partial charge >= 0.3 is 5.97 Å². The molecule has 2 aromatic rings. The molecule has 2 fully saturated rings. The molecule has 0 aromatic heterocycles. The summed E-state index contributed by atoms with van der Waals surface area (Å²) >= 11 is 0. The van der Waals surface area contributed by atoms with E-state index in [2.05, 4.69) is 5.32 Å². The zero-order valence-electron chi connectivity index (χ0n) is 19.4. The predicted octanol–water partition coefficient (Wildman–Crippen LogP) is 3.08. The van der Waals surface area contributed by atoms with Crippen molar-refractivity contribution in [3.63, 3.8) is 0 Å². The standard InChI is InChI=1S/C26H30N2O5/c1-16-9-8-12-18(13-16)21-19-20(23(30)28(22(19)29)25(2,3)4)26(27-21,24(31)32)15-33-14-17-10-6-5-7-11-17/h5-13,19-21,27H,14-15H2,1-4H3,(H,31,32). The SMILES string of the molecule is Cc1cccc(C2NC(COCc3ccccc3)(C(=O)O)C3C(=O)N(C(C)(C)C)C(=O)C23)c1. The Morgan fingerprint density at radius 1 is 1.09 bits per heavy atom. The molecule has 0 radical (unpaired) electrons. The number of carbonyl (C=O) groups excluding carboxylic acids is 2. The van der Waals surface area contributed by atoms with Gasteiger partial charge < -0.3 is 9.84 Å². The lowest BCUT2D eigenvalue weighted by Gasteiger charge is -2.35. The lowest BCUT2D eigenvalue weighted by molar-refractivity contribution is -0.156. The Hall–Kier alpha value is -3.03. The molecule has 2 heterocycles. The maximum absolute atomic E-state index is 13.6. The lowest BCUT2D eigenvalue weighted by Crippen LogP contribution is -2.60. The highest BCUT2D eigenvalue weighted by atomic mass is 16.5. The third-order valence-corrected chi connectivity index (χ3v) is 6.55. The molecule has 4 atom stereocenters. The fourth-order valence-corrected chi connectivity index (χ4v) is 5.11. The smallest absolute Gasteiger partial charge is 0.327 e. The second-order valence-corrected chi connectivity index (χ2v) is 9.98. The first-order chi connectivity index (χ1) is 15.6. The highest BCUT2D eigenvalue weighted by molar-refractivity contribution is 6.10. The van der Waals surface area contributed by atoms with Crippen molar-refractivity contribution in [3.8, 4) is 0 Å². The zero-order chi connectivity index (χ0) is 24.0. The number of carboxylic acids is 1. The summed E-state index contributed by atoms with van der Waals surface area (Å²) in [6.45, 7) is 7.26. The maximum atomic E-state index is 13.6. The Bertz CT molecular complexity index is 1080. The first-order valence-electron chi connectivity index (χ1n) is 11.1. The van der Waals surface area contributed by atoms with Crippen molar-refractivity contribution in [1.29, 1.82) is 0 Å². The largest absolute Gasteiger partial charge is 0.480 e. The summed E-state index contributed by atoms with van der Waals surface area (Å²) in [5.41, 5.74) is 0.190. The van der Waals surface area contributed by atoms with Crippen molar-refractivity contribution in [1.82, 2.24) is 10.2 Å². The molecule has 7 nitrogen and oxygen atoms in total. The van der Waals surface area contributed by atoms with Gasteiger partial charge in [0.05, 0.1) is 25.0 Å². The number of aliphatic carboxylic acids is 1. The summed E-state index contributed by atoms with van der Waals surface area (Å²) < 4.78 is 5.86. The molecule has 4 rings (SSSR count). The van der Waals surface area contributed by atoms with Crippen LogP contribution in [-0.2, 0) is 25.7 Å². The third-order valence-electron chi connectivity index (χ3n) is 6.55. The molecule has 0 aliphatic carbocycles. The van der Waals surface area contributed by atoms with E-state index < -0.39 is 40.8 Å². The minimum Gasteiger partial charge on any atom is -0.480 e. The summed E-state index contributed by atoms with van der Waals surface area (Å²) in [5.74, 6) is -3.90. The molecule has 0 saturated carbocycles. The summed E-state index contributed by atoms with van der Waals surface area (Å²) in [6.07, 6.45) is 0. The Morgan fingerprint density at radius 2 is 1.79 bits per heavy atom. The quantitative estimate of drug-likeness (QED) is 0.657. The van der Waals surface area contributed by atoms with E-state index in [0.29, 0.717) is 0 Å². The van der Waals surface area contributed by atoms with E-state index in [0.717, 1.165) is 16.7 Å². The van der Waals surface area contributed by atoms with Gasteiger partial charge in [-0.25, -0.2) is 0 Å². The second-order valence-electron chi connectivity index (χ2n) is 9.98. The number of nitrogens with one attached hydrogen (secondary N) is 1. The Kier molecular flexibility index (Phi) is 5.88. The molecule has 2 saturated heterocycles. The van der Waals surface area contributed by atoms with E-state index in [4.69, 9.17) is 4.74 Å². The van der Waals surface area contributed by atoms with E-state index in [-0.39, 0.29) is 19.1 Å². The molecule has 7 heteroatoms. The van der Waals surface area contributed by atoms with Crippen LogP contribution in [0.4, 0.5) is 0 Å². The van der Waals surface area contributed by atoms with Gasteiger partial charge in [0.2, 0.25) is 11.8 Å². The molecule has 0 spiro atoms. The molecule has 2 aliphatic rings. The van der Waals surface area contributed by atoms with E-state index in [1.54, 1.807) is 20.8 Å². The first-order valence-corrected chi connectivity index (χ1v) is 11.1. The number of rotatable bonds is 6. The van der Waals surface area contributed by atoms with Crippen molar-refractivity contribution in [2.24, 2.45) is 11.8 Å². The number of aryl methyl sites for hydroxylation is 1. The molecule has 33 heavy (non-hydrogen) atoms. The van der Waals surface area contributed by atoms with Crippen LogP contribution in [0.1, 0.15) is 43.5 Å². The molecule has 2 aliphatic heterocycles. The molecule has 174 valence electrons. The third kappa shape index (κ3) is 3.96. The average molecular weight is 451 g/mol. The second kappa shape index (κ2) is 8.39. The molecule has 2 aromatic carbocycles. The van der Waals surface area contributed by atoms with Crippen LogP contribution < -0.4 is 5.32 Å². The number of carboxylic acid groups (broad SMARTS) is 1. The number of amides is 2. The topological polar surface area (TPSA) is 95.9 Å². The number of benzene rings is 2.